The van der Waals surface area contributed by atoms with Gasteiger partial charge in [-0.3, -0.25) is 15.1 Å². The minimum atomic E-state index is -0.336. The van der Waals surface area contributed by atoms with E-state index >= 15 is 0 Å². The van der Waals surface area contributed by atoms with Gasteiger partial charge in [0.05, 0.1) is 0 Å². The summed E-state index contributed by atoms with van der Waals surface area (Å²) in [5.41, 5.74) is 0.496. The first-order valence-electron chi connectivity index (χ1n) is 10.4. The third kappa shape index (κ3) is 12.0. The Hall–Kier alpha value is -2.11. The highest BCUT2D eigenvalue weighted by atomic mass is 16.2. The molecular formula is C21H36N4O2. The molecule has 0 aromatic carbocycles. The second-order valence-electron chi connectivity index (χ2n) is 6.98. The standard InChI is InChI=1S/C21H36N4O2/c1-3-5-7-8-9-10-11-12-13-14-15-18-17-19(26)24-20(23-18)25-21(27)22-16-6-4-2/h3,17H,1,4-16H2,2H3,(H3,22,23,24,25,26,27). The quantitative estimate of drug-likeness (QED) is 0.299. The summed E-state index contributed by atoms with van der Waals surface area (Å²) in [7, 11) is 0. The van der Waals surface area contributed by atoms with E-state index in [1.165, 1.54) is 44.6 Å². The summed E-state index contributed by atoms with van der Waals surface area (Å²) in [6.07, 6.45) is 15.6. The Morgan fingerprint density at radius 2 is 1.78 bits per heavy atom. The van der Waals surface area contributed by atoms with Crippen molar-refractivity contribution in [3.05, 3.63) is 34.8 Å². The molecule has 3 N–H and O–H groups in total. The summed E-state index contributed by atoms with van der Waals surface area (Å²) in [6, 6.07) is 1.18. The molecule has 0 atom stereocenters. The zero-order valence-electron chi connectivity index (χ0n) is 16.8. The molecule has 1 rings (SSSR count). The minimum Gasteiger partial charge on any atom is -0.338 e. The van der Waals surface area contributed by atoms with Crippen LogP contribution in [0.1, 0.15) is 83.2 Å². The Bertz CT molecular complexity index is 598. The topological polar surface area (TPSA) is 86.9 Å². The van der Waals surface area contributed by atoms with Crippen LogP contribution in [0.5, 0.6) is 0 Å². The molecule has 1 aromatic heterocycles. The van der Waals surface area contributed by atoms with Crippen molar-refractivity contribution in [3.63, 3.8) is 0 Å². The Kier molecular flexibility index (Phi) is 12.7. The van der Waals surface area contributed by atoms with Crippen LogP contribution in [0.3, 0.4) is 0 Å². The summed E-state index contributed by atoms with van der Waals surface area (Å²) in [5.74, 6) is 0.214. The van der Waals surface area contributed by atoms with Crippen LogP contribution in [0.15, 0.2) is 23.5 Å². The predicted molar refractivity (Wildman–Crippen MR) is 112 cm³/mol. The van der Waals surface area contributed by atoms with Crippen molar-refractivity contribution in [1.82, 2.24) is 15.3 Å². The fraction of sp³-hybridized carbons (Fsp3) is 0.667. The van der Waals surface area contributed by atoms with E-state index in [0.717, 1.165) is 44.2 Å². The maximum Gasteiger partial charge on any atom is 0.321 e. The number of allylic oxidation sites excluding steroid dienone is 1. The zero-order chi connectivity index (χ0) is 19.7. The van der Waals surface area contributed by atoms with E-state index in [0.29, 0.717) is 6.54 Å². The minimum absolute atomic E-state index is 0.214. The molecule has 27 heavy (non-hydrogen) atoms. The van der Waals surface area contributed by atoms with Crippen LogP contribution >= 0.6 is 0 Å². The van der Waals surface area contributed by atoms with Crippen LogP contribution in [0.2, 0.25) is 0 Å². The zero-order valence-corrected chi connectivity index (χ0v) is 16.8. The third-order valence-corrected chi connectivity index (χ3v) is 4.43. The number of hydrogen-bond acceptors (Lipinski definition) is 3. The van der Waals surface area contributed by atoms with Gasteiger partial charge in [0.25, 0.3) is 5.56 Å². The molecule has 0 aliphatic rings. The number of H-pyrrole nitrogens is 1. The number of urea groups is 1. The number of aromatic nitrogens is 2. The molecule has 0 bridgehead atoms. The van der Waals surface area contributed by atoms with Gasteiger partial charge in [0.1, 0.15) is 0 Å². The molecule has 0 spiro atoms. The second kappa shape index (κ2) is 15.0. The van der Waals surface area contributed by atoms with Gasteiger partial charge in [-0.25, -0.2) is 9.78 Å². The second-order valence-corrected chi connectivity index (χ2v) is 6.98. The van der Waals surface area contributed by atoms with Gasteiger partial charge < -0.3 is 5.32 Å². The highest BCUT2D eigenvalue weighted by Crippen LogP contribution is 2.11. The van der Waals surface area contributed by atoms with Gasteiger partial charge >= 0.3 is 6.03 Å². The average molecular weight is 377 g/mol. The molecular weight excluding hydrogens is 340 g/mol. The smallest absolute Gasteiger partial charge is 0.321 e. The Labute approximate surface area is 163 Å². The molecule has 0 aliphatic carbocycles. The van der Waals surface area contributed by atoms with E-state index in [4.69, 9.17) is 0 Å². The molecule has 0 saturated heterocycles. The van der Waals surface area contributed by atoms with Gasteiger partial charge in [-0.1, -0.05) is 57.9 Å². The summed E-state index contributed by atoms with van der Waals surface area (Å²) < 4.78 is 0. The van der Waals surface area contributed by atoms with Crippen LogP contribution in [-0.2, 0) is 6.42 Å². The molecule has 1 heterocycles. The van der Waals surface area contributed by atoms with E-state index in [-0.39, 0.29) is 17.5 Å². The number of amides is 2. The van der Waals surface area contributed by atoms with Crippen molar-refractivity contribution in [1.29, 1.82) is 0 Å². The lowest BCUT2D eigenvalue weighted by atomic mass is 10.1. The van der Waals surface area contributed by atoms with Gasteiger partial charge in [-0.15, -0.1) is 6.58 Å². The third-order valence-electron chi connectivity index (χ3n) is 4.43. The van der Waals surface area contributed by atoms with Gasteiger partial charge in [-0.05, 0) is 32.1 Å². The van der Waals surface area contributed by atoms with Crippen LogP contribution in [0, 0.1) is 0 Å². The normalized spacial score (nSPS) is 10.6. The monoisotopic (exact) mass is 376 g/mol. The number of carbonyl (C=O) groups excluding carboxylic acids is 1. The Morgan fingerprint density at radius 1 is 1.11 bits per heavy atom. The fourth-order valence-electron chi connectivity index (χ4n) is 2.88. The number of carbonyl (C=O) groups is 1. The molecule has 0 unspecified atom stereocenters. The van der Waals surface area contributed by atoms with Crippen LogP contribution in [0.4, 0.5) is 10.7 Å². The highest BCUT2D eigenvalue weighted by molar-refractivity contribution is 5.87. The SMILES string of the molecule is C=CCCCCCCCCCCc1cc(=O)[nH]c(NC(=O)NCCCC)n1. The number of rotatable bonds is 15. The van der Waals surface area contributed by atoms with E-state index < -0.39 is 0 Å². The van der Waals surface area contributed by atoms with Crippen molar-refractivity contribution in [2.24, 2.45) is 0 Å². The lowest BCUT2D eigenvalue weighted by Gasteiger charge is -2.07. The van der Waals surface area contributed by atoms with Crippen LogP contribution in [0.25, 0.3) is 0 Å². The van der Waals surface area contributed by atoms with E-state index in [9.17, 15) is 9.59 Å². The first-order chi connectivity index (χ1) is 13.2. The molecule has 0 aliphatic heterocycles. The molecule has 2 amide bonds. The van der Waals surface area contributed by atoms with Crippen LogP contribution < -0.4 is 16.2 Å². The van der Waals surface area contributed by atoms with Crippen molar-refractivity contribution < 1.29 is 4.79 Å². The highest BCUT2D eigenvalue weighted by Gasteiger charge is 2.05. The van der Waals surface area contributed by atoms with Gasteiger partial charge in [0, 0.05) is 18.3 Å². The number of aryl methyl sites for hydroxylation is 1. The fourth-order valence-corrected chi connectivity index (χ4v) is 2.88. The lowest BCUT2D eigenvalue weighted by molar-refractivity contribution is 0.252. The summed E-state index contributed by atoms with van der Waals surface area (Å²) in [6.45, 7) is 6.42. The van der Waals surface area contributed by atoms with Gasteiger partial charge in [0.2, 0.25) is 5.95 Å². The molecule has 1 aromatic rings. The Balaban J connectivity index is 2.23. The maximum absolute atomic E-state index is 11.8. The lowest BCUT2D eigenvalue weighted by Crippen LogP contribution is -2.31. The summed E-state index contributed by atoms with van der Waals surface area (Å²) in [5, 5.41) is 5.34. The number of aromatic amines is 1. The molecule has 0 radical (unpaired) electrons. The van der Waals surface area contributed by atoms with E-state index in [1.54, 1.807) is 0 Å². The van der Waals surface area contributed by atoms with Crippen molar-refractivity contribution in [3.8, 4) is 0 Å². The Morgan fingerprint density at radius 3 is 2.44 bits per heavy atom. The molecule has 6 heteroatoms. The van der Waals surface area contributed by atoms with Gasteiger partial charge in [0.15, 0.2) is 0 Å². The van der Waals surface area contributed by atoms with Crippen molar-refractivity contribution in [2.45, 2.75) is 84.0 Å². The van der Waals surface area contributed by atoms with Gasteiger partial charge in [-0.2, -0.15) is 0 Å². The van der Waals surface area contributed by atoms with E-state index in [2.05, 4.69) is 34.1 Å². The average Bonchev–Trinajstić information content (AvgIpc) is 2.63. The van der Waals surface area contributed by atoms with Crippen molar-refractivity contribution in [2.75, 3.05) is 11.9 Å². The molecule has 0 fully saturated rings. The summed E-state index contributed by atoms with van der Waals surface area (Å²) >= 11 is 0. The number of hydrogen-bond donors (Lipinski definition) is 3. The largest absolute Gasteiger partial charge is 0.338 e. The van der Waals surface area contributed by atoms with Crippen molar-refractivity contribution >= 4 is 12.0 Å². The number of unbranched alkanes of at least 4 members (excludes halogenated alkanes) is 9. The predicted octanol–water partition coefficient (Wildman–Crippen LogP) is 4.93. The number of nitrogens with zero attached hydrogens (tertiary/aromatic N) is 1. The van der Waals surface area contributed by atoms with E-state index in [1.807, 2.05) is 6.08 Å². The first kappa shape index (κ1) is 22.9. The number of anilines is 1. The first-order valence-corrected chi connectivity index (χ1v) is 10.4. The summed E-state index contributed by atoms with van der Waals surface area (Å²) in [4.78, 5) is 30.4. The number of nitrogens with one attached hydrogen (secondary N) is 3. The maximum atomic E-state index is 11.8. The molecule has 152 valence electrons. The molecule has 6 nitrogen and oxygen atoms in total. The van der Waals surface area contributed by atoms with Crippen LogP contribution in [-0.4, -0.2) is 22.5 Å². The molecule has 0 saturated carbocycles.